The van der Waals surface area contributed by atoms with Crippen LogP contribution in [0.4, 0.5) is 5.95 Å². The molecule has 5 heteroatoms. The Bertz CT molecular complexity index is 584. The maximum Gasteiger partial charge on any atom is 0.202 e. The minimum absolute atomic E-state index is 0.583. The first-order chi connectivity index (χ1) is 9.13. The Labute approximate surface area is 121 Å². The van der Waals surface area contributed by atoms with Crippen LogP contribution in [0.15, 0.2) is 16.7 Å². The lowest BCUT2D eigenvalue weighted by atomic mass is 9.83. The minimum Gasteiger partial charge on any atom is -0.369 e. The fourth-order valence-corrected chi connectivity index (χ4v) is 3.27. The summed E-state index contributed by atoms with van der Waals surface area (Å²) in [7, 11) is 0. The van der Waals surface area contributed by atoms with Gasteiger partial charge in [0.2, 0.25) is 5.95 Å². The molecular weight excluding hydrogens is 304 g/mol. The topological polar surface area (TPSA) is 56.7 Å². The van der Waals surface area contributed by atoms with E-state index in [-0.39, 0.29) is 0 Å². The number of pyridine rings is 1. The number of hydrogen-bond donors (Lipinski definition) is 1. The fourth-order valence-electron chi connectivity index (χ4n) is 2.95. The highest BCUT2D eigenvalue weighted by Gasteiger charge is 2.20. The van der Waals surface area contributed by atoms with Gasteiger partial charge < -0.3 is 5.73 Å². The molecule has 2 aromatic rings. The van der Waals surface area contributed by atoms with E-state index in [1.54, 1.807) is 0 Å². The molecule has 1 aliphatic rings. The molecule has 2 N–H and O–H groups in total. The van der Waals surface area contributed by atoms with Crippen molar-refractivity contribution in [2.24, 2.45) is 11.8 Å². The first-order valence-corrected chi connectivity index (χ1v) is 7.70. The van der Waals surface area contributed by atoms with Crippen LogP contribution < -0.4 is 5.73 Å². The Kier molecular flexibility index (Phi) is 3.48. The van der Waals surface area contributed by atoms with E-state index < -0.39 is 0 Å². The lowest BCUT2D eigenvalue weighted by Crippen LogP contribution is -2.18. The zero-order chi connectivity index (χ0) is 13.4. The molecule has 4 nitrogen and oxygen atoms in total. The number of halogens is 1. The second-order valence-electron chi connectivity index (χ2n) is 5.70. The largest absolute Gasteiger partial charge is 0.369 e. The molecule has 2 heterocycles. The van der Waals surface area contributed by atoms with Crippen molar-refractivity contribution in [3.05, 3.63) is 16.7 Å². The Morgan fingerprint density at radius 2 is 2.11 bits per heavy atom. The molecule has 1 saturated carbocycles. The molecule has 0 unspecified atom stereocenters. The fraction of sp³-hybridized carbons (Fsp3) is 0.571. The summed E-state index contributed by atoms with van der Waals surface area (Å²) in [5.41, 5.74) is 7.82. The van der Waals surface area contributed by atoms with Crippen LogP contribution in [0.25, 0.3) is 11.2 Å². The summed E-state index contributed by atoms with van der Waals surface area (Å²) in [4.78, 5) is 8.86. The van der Waals surface area contributed by atoms with Crippen molar-refractivity contribution in [3.63, 3.8) is 0 Å². The third-order valence-corrected chi connectivity index (χ3v) is 4.59. The van der Waals surface area contributed by atoms with Gasteiger partial charge in [0.05, 0.1) is 0 Å². The second kappa shape index (κ2) is 5.12. The maximum absolute atomic E-state index is 6.04. The van der Waals surface area contributed by atoms with Gasteiger partial charge in [-0.25, -0.2) is 9.97 Å². The van der Waals surface area contributed by atoms with Crippen LogP contribution in [0, 0.1) is 11.8 Å². The average Bonchev–Trinajstić information content (AvgIpc) is 2.68. The van der Waals surface area contributed by atoms with Crippen LogP contribution in [0.3, 0.4) is 0 Å². The molecule has 0 amide bonds. The lowest BCUT2D eigenvalue weighted by molar-refractivity contribution is 0.267. The summed E-state index contributed by atoms with van der Waals surface area (Å²) in [5, 5.41) is 0. The predicted octanol–water partition coefficient (Wildman–Crippen LogP) is 3.60. The SMILES string of the molecule is CC1CCC(Cn2c(N)nc3cc(Br)cnc32)CC1. The quantitative estimate of drug-likeness (QED) is 0.918. The van der Waals surface area contributed by atoms with Crippen LogP contribution in [0.5, 0.6) is 0 Å². The second-order valence-corrected chi connectivity index (χ2v) is 6.62. The van der Waals surface area contributed by atoms with Gasteiger partial charge in [-0.15, -0.1) is 0 Å². The number of rotatable bonds is 2. The van der Waals surface area contributed by atoms with Crippen LogP contribution in [0.1, 0.15) is 32.6 Å². The Morgan fingerprint density at radius 3 is 2.84 bits per heavy atom. The Hall–Kier alpha value is -1.10. The monoisotopic (exact) mass is 322 g/mol. The number of nitrogen functional groups attached to an aromatic ring is 1. The minimum atomic E-state index is 0.583. The summed E-state index contributed by atoms with van der Waals surface area (Å²) >= 11 is 3.42. The molecule has 1 fully saturated rings. The average molecular weight is 323 g/mol. The Morgan fingerprint density at radius 1 is 1.37 bits per heavy atom. The van der Waals surface area contributed by atoms with E-state index in [1.165, 1.54) is 25.7 Å². The van der Waals surface area contributed by atoms with Crippen LogP contribution in [0.2, 0.25) is 0 Å². The number of anilines is 1. The van der Waals surface area contributed by atoms with E-state index in [0.29, 0.717) is 11.9 Å². The van der Waals surface area contributed by atoms with Gasteiger partial charge in [0.1, 0.15) is 5.52 Å². The summed E-state index contributed by atoms with van der Waals surface area (Å²) in [6.45, 7) is 3.29. The molecule has 1 aliphatic carbocycles. The van der Waals surface area contributed by atoms with Gasteiger partial charge in [0.15, 0.2) is 5.65 Å². The van der Waals surface area contributed by atoms with E-state index in [9.17, 15) is 0 Å². The van der Waals surface area contributed by atoms with Crippen molar-refractivity contribution < 1.29 is 0 Å². The molecule has 19 heavy (non-hydrogen) atoms. The molecule has 2 aromatic heterocycles. The summed E-state index contributed by atoms with van der Waals surface area (Å²) < 4.78 is 3.01. The van der Waals surface area contributed by atoms with Crippen molar-refractivity contribution in [3.8, 4) is 0 Å². The zero-order valence-electron chi connectivity index (χ0n) is 11.1. The molecular formula is C14H19BrN4. The number of aromatic nitrogens is 3. The smallest absolute Gasteiger partial charge is 0.202 e. The van der Waals surface area contributed by atoms with Crippen molar-refractivity contribution in [2.45, 2.75) is 39.2 Å². The van der Waals surface area contributed by atoms with Crippen LogP contribution >= 0.6 is 15.9 Å². The molecule has 0 atom stereocenters. The molecule has 0 aliphatic heterocycles. The third kappa shape index (κ3) is 2.61. The number of fused-ring (bicyclic) bond motifs is 1. The first kappa shape index (κ1) is 12.9. The van der Waals surface area contributed by atoms with E-state index >= 15 is 0 Å². The maximum atomic E-state index is 6.04. The van der Waals surface area contributed by atoms with Gasteiger partial charge >= 0.3 is 0 Å². The van der Waals surface area contributed by atoms with Gasteiger partial charge in [0, 0.05) is 17.2 Å². The van der Waals surface area contributed by atoms with E-state index in [4.69, 9.17) is 5.73 Å². The van der Waals surface area contributed by atoms with Crippen LogP contribution in [-0.2, 0) is 6.54 Å². The number of imidazole rings is 1. The number of nitrogens with two attached hydrogens (primary N) is 1. The Balaban J connectivity index is 1.86. The normalized spacial score (nSPS) is 23.9. The van der Waals surface area contributed by atoms with Crippen LogP contribution in [-0.4, -0.2) is 14.5 Å². The van der Waals surface area contributed by atoms with Gasteiger partial charge in [0.25, 0.3) is 0 Å². The van der Waals surface area contributed by atoms with Gasteiger partial charge in [-0.2, -0.15) is 0 Å². The first-order valence-electron chi connectivity index (χ1n) is 6.90. The van der Waals surface area contributed by atoms with Crippen molar-refractivity contribution in [1.29, 1.82) is 0 Å². The standard InChI is InChI=1S/C14H19BrN4/c1-9-2-4-10(5-3-9)8-19-13-12(18-14(19)16)6-11(15)7-17-13/h6-7,9-10H,2-5,8H2,1H3,(H2,16,18). The highest BCUT2D eigenvalue weighted by atomic mass is 79.9. The van der Waals surface area contributed by atoms with E-state index in [0.717, 1.165) is 28.1 Å². The summed E-state index contributed by atoms with van der Waals surface area (Å²) in [6, 6.07) is 1.97. The van der Waals surface area contributed by atoms with E-state index in [2.05, 4.69) is 37.4 Å². The van der Waals surface area contributed by atoms with Gasteiger partial charge in [-0.3, -0.25) is 4.57 Å². The molecule has 0 aromatic carbocycles. The molecule has 3 rings (SSSR count). The van der Waals surface area contributed by atoms with Gasteiger partial charge in [-0.05, 0) is 46.7 Å². The number of hydrogen-bond acceptors (Lipinski definition) is 3. The zero-order valence-corrected chi connectivity index (χ0v) is 12.7. The van der Waals surface area contributed by atoms with Gasteiger partial charge in [-0.1, -0.05) is 19.8 Å². The number of nitrogens with zero attached hydrogens (tertiary/aromatic N) is 3. The highest BCUT2D eigenvalue weighted by molar-refractivity contribution is 9.10. The molecule has 102 valence electrons. The molecule has 0 saturated heterocycles. The molecule has 0 radical (unpaired) electrons. The van der Waals surface area contributed by atoms with Crippen molar-refractivity contribution in [1.82, 2.24) is 14.5 Å². The molecule has 0 spiro atoms. The van der Waals surface area contributed by atoms with E-state index in [1.807, 2.05) is 12.3 Å². The lowest BCUT2D eigenvalue weighted by Gasteiger charge is -2.26. The van der Waals surface area contributed by atoms with Crippen molar-refractivity contribution >= 4 is 33.0 Å². The summed E-state index contributed by atoms with van der Waals surface area (Å²) in [5.74, 6) is 2.17. The predicted molar refractivity (Wildman–Crippen MR) is 80.8 cm³/mol. The highest BCUT2D eigenvalue weighted by Crippen LogP contribution is 2.31. The third-order valence-electron chi connectivity index (χ3n) is 4.16. The molecule has 0 bridgehead atoms. The van der Waals surface area contributed by atoms with Crippen molar-refractivity contribution in [2.75, 3.05) is 5.73 Å². The summed E-state index contributed by atoms with van der Waals surface area (Å²) in [6.07, 6.45) is 7.04.